The topological polar surface area (TPSA) is 93.1 Å². The van der Waals surface area contributed by atoms with E-state index >= 15 is 0 Å². The Bertz CT molecular complexity index is 1020. The Labute approximate surface area is 170 Å². The Balaban J connectivity index is 1.38. The molecule has 8 heteroatoms. The largest absolute Gasteiger partial charge is 0.338 e. The van der Waals surface area contributed by atoms with Gasteiger partial charge >= 0.3 is 6.03 Å². The average molecular weight is 413 g/mol. The highest BCUT2D eigenvalue weighted by atomic mass is 32.2. The Kier molecular flexibility index (Phi) is 7.02. The molecule has 0 aliphatic heterocycles. The number of nitrogens with zero attached hydrogens (tertiary/aromatic N) is 2. The van der Waals surface area contributed by atoms with Gasteiger partial charge in [-0.1, -0.05) is 42.5 Å². The van der Waals surface area contributed by atoms with E-state index in [1.807, 2.05) is 54.7 Å². The maximum atomic E-state index is 12.1. The van der Waals surface area contributed by atoms with Crippen LogP contribution in [0, 0.1) is 0 Å². The van der Waals surface area contributed by atoms with Gasteiger partial charge in [0.25, 0.3) is 0 Å². The van der Waals surface area contributed by atoms with Crippen molar-refractivity contribution in [3.63, 3.8) is 0 Å². The minimum absolute atomic E-state index is 0.0205. The number of sulfone groups is 1. The second-order valence-electron chi connectivity index (χ2n) is 6.66. The molecule has 2 N–H and O–H groups in total. The summed E-state index contributed by atoms with van der Waals surface area (Å²) in [5.74, 6) is 0.0563. The summed E-state index contributed by atoms with van der Waals surface area (Å²) in [6, 6.07) is 18.3. The lowest BCUT2D eigenvalue weighted by Crippen LogP contribution is -2.36. The van der Waals surface area contributed by atoms with Crippen molar-refractivity contribution >= 4 is 15.9 Å². The highest BCUT2D eigenvalue weighted by Gasteiger charge is 2.12. The van der Waals surface area contributed by atoms with Crippen LogP contribution in [0.4, 0.5) is 4.79 Å². The highest BCUT2D eigenvalue weighted by molar-refractivity contribution is 7.90. The molecule has 0 unspecified atom stereocenters. The van der Waals surface area contributed by atoms with Gasteiger partial charge in [0, 0.05) is 25.5 Å². The van der Waals surface area contributed by atoms with Crippen LogP contribution < -0.4 is 10.6 Å². The zero-order chi connectivity index (χ0) is 20.5. The molecule has 7 nitrogen and oxygen atoms in total. The smallest absolute Gasteiger partial charge is 0.315 e. The summed E-state index contributed by atoms with van der Waals surface area (Å²) in [5.41, 5.74) is 2.63. The molecule has 1 heterocycles. The predicted molar refractivity (Wildman–Crippen MR) is 112 cm³/mol. The van der Waals surface area contributed by atoms with Crippen LogP contribution in [0.1, 0.15) is 17.5 Å². The second kappa shape index (κ2) is 9.88. The third-order valence-electron chi connectivity index (χ3n) is 4.28. The number of urea groups is 1. The number of nitrogens with one attached hydrogen (secondary N) is 2. The number of carbonyl (C=O) groups excluding carboxylic acids is 1. The summed E-state index contributed by atoms with van der Waals surface area (Å²) in [6.45, 7) is 0.667. The van der Waals surface area contributed by atoms with Crippen LogP contribution in [0.25, 0.3) is 5.69 Å². The summed E-state index contributed by atoms with van der Waals surface area (Å²) >= 11 is 0. The number of benzene rings is 2. The Morgan fingerprint density at radius 2 is 1.76 bits per heavy atom. The molecule has 0 radical (unpaired) electrons. The minimum atomic E-state index is -3.19. The molecule has 29 heavy (non-hydrogen) atoms. The molecule has 0 fully saturated rings. The lowest BCUT2D eigenvalue weighted by Gasteiger charge is -2.09. The van der Waals surface area contributed by atoms with Gasteiger partial charge in [-0.05, 0) is 35.7 Å². The number of hydrogen-bond donors (Lipinski definition) is 2. The van der Waals surface area contributed by atoms with Crippen molar-refractivity contribution in [1.29, 1.82) is 0 Å². The quantitative estimate of drug-likeness (QED) is 0.529. The average Bonchev–Trinajstić information content (AvgIpc) is 3.25. The Morgan fingerprint density at radius 3 is 2.52 bits per heavy atom. The monoisotopic (exact) mass is 412 g/mol. The highest BCUT2D eigenvalue weighted by Crippen LogP contribution is 2.09. The van der Waals surface area contributed by atoms with E-state index in [1.165, 1.54) is 0 Å². The first kappa shape index (κ1) is 20.6. The van der Waals surface area contributed by atoms with Crippen molar-refractivity contribution < 1.29 is 13.2 Å². The molecule has 2 aromatic carbocycles. The molecule has 0 saturated carbocycles. The SMILES string of the molecule is O=C(NCCCS(=O)(=O)Cc1ccccc1)NCc1cccc(-n2cccn2)c1. The van der Waals surface area contributed by atoms with Gasteiger partial charge in [0.1, 0.15) is 0 Å². The van der Waals surface area contributed by atoms with Crippen molar-refractivity contribution in [2.24, 2.45) is 0 Å². The van der Waals surface area contributed by atoms with Crippen LogP contribution in [0.2, 0.25) is 0 Å². The van der Waals surface area contributed by atoms with E-state index in [1.54, 1.807) is 23.0 Å². The summed E-state index contributed by atoms with van der Waals surface area (Å²) in [7, 11) is -3.19. The number of hydrogen-bond acceptors (Lipinski definition) is 4. The molecular weight excluding hydrogens is 388 g/mol. The molecule has 1 aromatic heterocycles. The molecule has 0 saturated heterocycles. The molecular formula is C21H24N4O3S. The first-order chi connectivity index (χ1) is 14.0. The van der Waals surface area contributed by atoms with E-state index in [-0.39, 0.29) is 17.5 Å². The summed E-state index contributed by atoms with van der Waals surface area (Å²) in [6.07, 6.45) is 3.93. The van der Waals surface area contributed by atoms with Gasteiger partial charge in [-0.3, -0.25) is 0 Å². The van der Waals surface area contributed by atoms with Crippen LogP contribution in [-0.2, 0) is 22.1 Å². The van der Waals surface area contributed by atoms with E-state index in [0.29, 0.717) is 19.5 Å². The lowest BCUT2D eigenvalue weighted by atomic mass is 10.2. The Hall–Kier alpha value is -3.13. The molecule has 0 aliphatic carbocycles. The fourth-order valence-electron chi connectivity index (χ4n) is 2.87. The van der Waals surface area contributed by atoms with E-state index in [2.05, 4.69) is 15.7 Å². The second-order valence-corrected chi connectivity index (χ2v) is 8.85. The first-order valence-electron chi connectivity index (χ1n) is 9.37. The number of aromatic nitrogens is 2. The third kappa shape index (κ3) is 6.76. The van der Waals surface area contributed by atoms with Crippen molar-refractivity contribution in [1.82, 2.24) is 20.4 Å². The number of amides is 2. The minimum Gasteiger partial charge on any atom is -0.338 e. The van der Waals surface area contributed by atoms with Gasteiger partial charge in [-0.25, -0.2) is 17.9 Å². The summed E-state index contributed by atoms with van der Waals surface area (Å²) in [4.78, 5) is 12.0. The number of carbonyl (C=O) groups is 1. The van der Waals surface area contributed by atoms with Gasteiger partial charge in [-0.15, -0.1) is 0 Å². The zero-order valence-electron chi connectivity index (χ0n) is 16.0. The van der Waals surface area contributed by atoms with Gasteiger partial charge in [0.05, 0.1) is 17.2 Å². The van der Waals surface area contributed by atoms with Crippen molar-refractivity contribution in [2.45, 2.75) is 18.7 Å². The number of rotatable bonds is 9. The van der Waals surface area contributed by atoms with Crippen LogP contribution in [0.3, 0.4) is 0 Å². The first-order valence-corrected chi connectivity index (χ1v) is 11.2. The maximum Gasteiger partial charge on any atom is 0.315 e. The standard InChI is InChI=1S/C21H24N4O3S/c26-21(22-11-6-14-29(27,28)17-18-7-2-1-3-8-18)23-16-19-9-4-10-20(15-19)25-13-5-12-24-25/h1-5,7-10,12-13,15H,6,11,14,16-17H2,(H2,22,23,26). The summed E-state index contributed by atoms with van der Waals surface area (Å²) < 4.78 is 26.0. The maximum absolute atomic E-state index is 12.1. The molecule has 3 aromatic rings. The van der Waals surface area contributed by atoms with Crippen LogP contribution in [-0.4, -0.2) is 36.5 Å². The summed E-state index contributed by atoms with van der Waals surface area (Å²) in [5, 5.41) is 9.67. The fourth-order valence-corrected chi connectivity index (χ4v) is 4.30. The van der Waals surface area contributed by atoms with E-state index in [9.17, 15) is 13.2 Å². The van der Waals surface area contributed by atoms with Crippen molar-refractivity contribution in [3.8, 4) is 5.69 Å². The lowest BCUT2D eigenvalue weighted by molar-refractivity contribution is 0.240. The molecule has 0 atom stereocenters. The molecule has 3 rings (SSSR count). The third-order valence-corrected chi connectivity index (χ3v) is 5.96. The van der Waals surface area contributed by atoms with Gasteiger partial charge in [0.2, 0.25) is 0 Å². The van der Waals surface area contributed by atoms with E-state index in [4.69, 9.17) is 0 Å². The van der Waals surface area contributed by atoms with Gasteiger partial charge in [-0.2, -0.15) is 5.10 Å². The molecule has 0 aliphatic rings. The molecule has 0 spiro atoms. The molecule has 0 bridgehead atoms. The van der Waals surface area contributed by atoms with E-state index in [0.717, 1.165) is 16.8 Å². The Morgan fingerprint density at radius 1 is 0.966 bits per heavy atom. The van der Waals surface area contributed by atoms with Crippen LogP contribution in [0.15, 0.2) is 73.1 Å². The van der Waals surface area contributed by atoms with E-state index < -0.39 is 9.84 Å². The fraction of sp³-hybridized carbons (Fsp3) is 0.238. The zero-order valence-corrected chi connectivity index (χ0v) is 16.8. The molecule has 2 amide bonds. The predicted octanol–water partition coefficient (Wildman–Crippen LogP) is 2.68. The van der Waals surface area contributed by atoms with Crippen molar-refractivity contribution in [2.75, 3.05) is 12.3 Å². The molecule has 152 valence electrons. The van der Waals surface area contributed by atoms with Crippen molar-refractivity contribution in [3.05, 3.63) is 84.2 Å². The normalized spacial score (nSPS) is 11.2. The van der Waals surface area contributed by atoms with Crippen LogP contribution >= 0.6 is 0 Å². The van der Waals surface area contributed by atoms with Gasteiger partial charge < -0.3 is 10.6 Å². The van der Waals surface area contributed by atoms with Crippen LogP contribution in [0.5, 0.6) is 0 Å². The van der Waals surface area contributed by atoms with Gasteiger partial charge in [0.15, 0.2) is 9.84 Å².